The highest BCUT2D eigenvalue weighted by Gasteiger charge is 2.24. The van der Waals surface area contributed by atoms with Crippen molar-refractivity contribution in [2.24, 2.45) is 0 Å². The van der Waals surface area contributed by atoms with Crippen molar-refractivity contribution < 1.29 is 10.2 Å². The van der Waals surface area contributed by atoms with Crippen molar-refractivity contribution in [1.29, 1.82) is 0 Å². The Bertz CT molecular complexity index is 645. The summed E-state index contributed by atoms with van der Waals surface area (Å²) in [6, 6.07) is 6.40. The molecule has 0 aliphatic heterocycles. The zero-order valence-electron chi connectivity index (χ0n) is 12.0. The number of aliphatic hydroxyl groups is 1. The topological polar surface area (TPSA) is 78.2 Å². The number of hydrogen-bond donors (Lipinski definition) is 3. The molecule has 0 unspecified atom stereocenters. The molecule has 0 saturated heterocycles. The normalized spacial score (nSPS) is 11.8. The first-order valence-electron chi connectivity index (χ1n) is 6.59. The Labute approximate surface area is 117 Å². The van der Waals surface area contributed by atoms with Crippen LogP contribution in [-0.4, -0.2) is 26.6 Å². The molecule has 0 radical (unpaired) electrons. The van der Waals surface area contributed by atoms with E-state index in [1.165, 1.54) is 16.8 Å². The van der Waals surface area contributed by atoms with Gasteiger partial charge in [0.2, 0.25) is 0 Å². The number of aromatic hydroxyl groups is 1. The highest BCUT2D eigenvalue weighted by atomic mass is 16.3. The van der Waals surface area contributed by atoms with Gasteiger partial charge in [-0.25, -0.2) is 4.68 Å². The number of benzene rings is 1. The Morgan fingerprint density at radius 1 is 1.20 bits per heavy atom. The number of nitrogens with one attached hydrogen (secondary N) is 1. The molecular formula is C15H20N2O3. The number of aliphatic hydroxyl groups excluding tert-OH is 1. The van der Waals surface area contributed by atoms with Crippen molar-refractivity contribution >= 4 is 0 Å². The molecule has 1 heterocycles. The van der Waals surface area contributed by atoms with E-state index in [9.17, 15) is 9.90 Å². The Kier molecular flexibility index (Phi) is 3.72. The van der Waals surface area contributed by atoms with Gasteiger partial charge in [0.05, 0.1) is 5.69 Å². The van der Waals surface area contributed by atoms with Crippen molar-refractivity contribution in [3.05, 3.63) is 45.9 Å². The first-order valence-corrected chi connectivity index (χ1v) is 6.59. The number of aromatic amines is 1. The summed E-state index contributed by atoms with van der Waals surface area (Å²) in [5, 5.41) is 21.6. The number of phenols is 1. The van der Waals surface area contributed by atoms with Gasteiger partial charge in [-0.2, -0.15) is 0 Å². The lowest BCUT2D eigenvalue weighted by molar-refractivity contribution is 0.298. The predicted octanol–water partition coefficient (Wildman–Crippen LogP) is 1.70. The molecule has 108 valence electrons. The molecule has 2 aromatic rings. The fraction of sp³-hybridized carbons (Fsp3) is 0.400. The fourth-order valence-corrected chi connectivity index (χ4v) is 2.22. The largest absolute Gasteiger partial charge is 0.508 e. The molecule has 0 saturated carbocycles. The Hall–Kier alpha value is -2.01. The molecule has 20 heavy (non-hydrogen) atoms. The van der Waals surface area contributed by atoms with Gasteiger partial charge in [0, 0.05) is 29.7 Å². The zero-order valence-corrected chi connectivity index (χ0v) is 12.0. The Balaban J connectivity index is 2.61. The van der Waals surface area contributed by atoms with Crippen molar-refractivity contribution in [2.45, 2.75) is 32.6 Å². The monoisotopic (exact) mass is 276 g/mol. The molecule has 0 amide bonds. The zero-order chi connectivity index (χ0) is 14.9. The second kappa shape index (κ2) is 5.17. The summed E-state index contributed by atoms with van der Waals surface area (Å²) in [6.45, 7) is 5.98. The van der Waals surface area contributed by atoms with Crippen LogP contribution >= 0.6 is 0 Å². The molecule has 0 atom stereocenters. The van der Waals surface area contributed by atoms with Crippen molar-refractivity contribution in [3.63, 3.8) is 0 Å². The van der Waals surface area contributed by atoms with Gasteiger partial charge in [-0.05, 0) is 24.3 Å². The van der Waals surface area contributed by atoms with Crippen LogP contribution in [0.1, 0.15) is 32.0 Å². The van der Waals surface area contributed by atoms with Crippen LogP contribution in [0.5, 0.6) is 5.75 Å². The summed E-state index contributed by atoms with van der Waals surface area (Å²) in [6.07, 6.45) is 0.326. The van der Waals surface area contributed by atoms with Crippen LogP contribution < -0.4 is 5.56 Å². The van der Waals surface area contributed by atoms with E-state index in [1.807, 2.05) is 20.8 Å². The van der Waals surface area contributed by atoms with Gasteiger partial charge in [-0.1, -0.05) is 20.8 Å². The lowest BCUT2D eigenvalue weighted by Gasteiger charge is -2.18. The minimum atomic E-state index is -0.216. The third kappa shape index (κ3) is 2.63. The summed E-state index contributed by atoms with van der Waals surface area (Å²) in [5.74, 6) is 0.153. The minimum absolute atomic E-state index is 0.0637. The van der Waals surface area contributed by atoms with E-state index in [0.717, 1.165) is 5.69 Å². The molecule has 1 aromatic heterocycles. The molecule has 0 aliphatic carbocycles. The molecular weight excluding hydrogens is 256 g/mol. The Morgan fingerprint density at radius 3 is 2.30 bits per heavy atom. The second-order valence-corrected chi connectivity index (χ2v) is 5.85. The molecule has 2 rings (SSSR count). The van der Waals surface area contributed by atoms with Gasteiger partial charge in [0.15, 0.2) is 0 Å². The molecule has 0 bridgehead atoms. The number of aromatic nitrogens is 2. The molecule has 3 N–H and O–H groups in total. The van der Waals surface area contributed by atoms with E-state index >= 15 is 0 Å². The molecule has 1 aromatic carbocycles. The number of H-pyrrole nitrogens is 1. The van der Waals surface area contributed by atoms with Crippen LogP contribution in [0.25, 0.3) is 5.69 Å². The van der Waals surface area contributed by atoms with Gasteiger partial charge < -0.3 is 10.2 Å². The van der Waals surface area contributed by atoms with Crippen LogP contribution in [0.2, 0.25) is 0 Å². The van der Waals surface area contributed by atoms with Crippen LogP contribution in [0.15, 0.2) is 29.1 Å². The molecule has 5 nitrogen and oxygen atoms in total. The number of rotatable bonds is 3. The number of nitrogens with zero attached hydrogens (tertiary/aromatic N) is 1. The lowest BCUT2D eigenvalue weighted by atomic mass is 9.89. The van der Waals surface area contributed by atoms with Crippen LogP contribution in [-0.2, 0) is 11.8 Å². The lowest BCUT2D eigenvalue weighted by Crippen LogP contribution is -2.19. The van der Waals surface area contributed by atoms with E-state index in [0.29, 0.717) is 17.7 Å². The number of hydrogen-bond acceptors (Lipinski definition) is 3. The number of phenolic OH excluding ortho intramolecular Hbond substituents is 1. The summed E-state index contributed by atoms with van der Waals surface area (Å²) in [4.78, 5) is 12.5. The maximum absolute atomic E-state index is 12.5. The highest BCUT2D eigenvalue weighted by molar-refractivity contribution is 5.38. The van der Waals surface area contributed by atoms with Gasteiger partial charge in [-0.15, -0.1) is 0 Å². The van der Waals surface area contributed by atoms with E-state index in [2.05, 4.69) is 5.10 Å². The first kappa shape index (κ1) is 14.4. The fourth-order valence-electron chi connectivity index (χ4n) is 2.22. The van der Waals surface area contributed by atoms with Crippen LogP contribution in [0.4, 0.5) is 0 Å². The molecule has 5 heteroatoms. The molecule has 0 spiro atoms. The highest BCUT2D eigenvalue weighted by Crippen LogP contribution is 2.23. The van der Waals surface area contributed by atoms with E-state index in [1.54, 1.807) is 12.1 Å². The summed E-state index contributed by atoms with van der Waals surface area (Å²) in [7, 11) is 0. The maximum Gasteiger partial charge on any atom is 0.274 e. The van der Waals surface area contributed by atoms with E-state index in [4.69, 9.17) is 5.11 Å². The summed E-state index contributed by atoms with van der Waals surface area (Å²) < 4.78 is 1.45. The average Bonchev–Trinajstić information content (AvgIpc) is 2.69. The first-order chi connectivity index (χ1) is 9.34. The van der Waals surface area contributed by atoms with Gasteiger partial charge in [0.1, 0.15) is 5.75 Å². The van der Waals surface area contributed by atoms with Crippen LogP contribution in [0.3, 0.4) is 0 Å². The predicted molar refractivity (Wildman–Crippen MR) is 77.5 cm³/mol. The van der Waals surface area contributed by atoms with Gasteiger partial charge in [0.25, 0.3) is 5.56 Å². The summed E-state index contributed by atoms with van der Waals surface area (Å²) in [5.41, 5.74) is 1.71. The molecule has 0 fully saturated rings. The Morgan fingerprint density at radius 2 is 1.80 bits per heavy atom. The average molecular weight is 276 g/mol. The van der Waals surface area contributed by atoms with Crippen molar-refractivity contribution in [1.82, 2.24) is 9.78 Å². The van der Waals surface area contributed by atoms with E-state index < -0.39 is 0 Å². The third-order valence-electron chi connectivity index (χ3n) is 3.21. The SMILES string of the molecule is CC(C)(C)c1[nH]n(-c2ccc(O)cc2)c(=O)c1CCO. The standard InChI is InChI=1S/C15H20N2O3/c1-15(2,3)13-12(8-9-18)14(20)17(16-13)10-4-6-11(19)7-5-10/h4-7,16,18-19H,8-9H2,1-3H3. The maximum atomic E-state index is 12.5. The third-order valence-corrected chi connectivity index (χ3v) is 3.21. The van der Waals surface area contributed by atoms with Crippen molar-refractivity contribution in [2.75, 3.05) is 6.61 Å². The van der Waals surface area contributed by atoms with Crippen molar-refractivity contribution in [3.8, 4) is 11.4 Å². The second-order valence-electron chi connectivity index (χ2n) is 5.85. The minimum Gasteiger partial charge on any atom is -0.508 e. The molecule has 0 aliphatic rings. The van der Waals surface area contributed by atoms with Gasteiger partial charge >= 0.3 is 0 Å². The van der Waals surface area contributed by atoms with Gasteiger partial charge in [-0.3, -0.25) is 9.89 Å². The summed E-state index contributed by atoms with van der Waals surface area (Å²) >= 11 is 0. The van der Waals surface area contributed by atoms with E-state index in [-0.39, 0.29) is 23.3 Å². The quantitative estimate of drug-likeness (QED) is 0.798. The van der Waals surface area contributed by atoms with Crippen LogP contribution in [0, 0.1) is 0 Å². The smallest absolute Gasteiger partial charge is 0.274 e.